The van der Waals surface area contributed by atoms with E-state index in [1.807, 2.05) is 76.2 Å². The van der Waals surface area contributed by atoms with Crippen molar-refractivity contribution in [2.24, 2.45) is 0 Å². The van der Waals surface area contributed by atoms with Gasteiger partial charge in [0.2, 0.25) is 21.8 Å². The number of carbonyl (C=O) groups is 2. The minimum Gasteiger partial charge on any atom is -0.352 e. The van der Waals surface area contributed by atoms with Gasteiger partial charge in [0.15, 0.2) is 0 Å². The SMILES string of the molecule is Cc1ccc(C)c(N(CCCC(=O)N(Cc2c(Cl)cccc2Cl)[C@H](Cc2ccccc2)C(=O)NC(C)C)S(C)(=O)=O)c1. The highest BCUT2D eigenvalue weighted by Crippen LogP contribution is 2.28. The van der Waals surface area contributed by atoms with Gasteiger partial charge in [0.1, 0.15) is 6.04 Å². The number of nitrogens with one attached hydrogen (secondary N) is 1. The molecule has 2 amide bonds. The molecule has 1 N–H and O–H groups in total. The zero-order chi connectivity index (χ0) is 31.0. The number of hydrogen-bond donors (Lipinski definition) is 1. The quantitative estimate of drug-likeness (QED) is 0.239. The minimum atomic E-state index is -3.61. The fourth-order valence-corrected chi connectivity index (χ4v) is 6.29. The monoisotopic (exact) mass is 631 g/mol. The molecular formula is C32H39Cl2N3O4S. The van der Waals surface area contributed by atoms with Gasteiger partial charge in [0.05, 0.1) is 11.9 Å². The first kappa shape index (κ1) is 33.4. The molecule has 0 heterocycles. The molecule has 0 aliphatic rings. The second kappa shape index (κ2) is 14.9. The average molecular weight is 633 g/mol. The molecule has 42 heavy (non-hydrogen) atoms. The molecule has 0 fully saturated rings. The van der Waals surface area contributed by atoms with Crippen LogP contribution in [0.2, 0.25) is 10.0 Å². The van der Waals surface area contributed by atoms with Crippen molar-refractivity contribution >= 4 is 50.7 Å². The lowest BCUT2D eigenvalue weighted by Crippen LogP contribution is -2.52. The predicted octanol–water partition coefficient (Wildman–Crippen LogP) is 6.32. The van der Waals surface area contributed by atoms with Crippen molar-refractivity contribution in [3.05, 3.63) is 99.0 Å². The number of aryl methyl sites for hydroxylation is 2. The van der Waals surface area contributed by atoms with Crippen LogP contribution in [0.5, 0.6) is 0 Å². The van der Waals surface area contributed by atoms with E-state index in [1.54, 1.807) is 18.2 Å². The lowest BCUT2D eigenvalue weighted by atomic mass is 10.0. The summed E-state index contributed by atoms with van der Waals surface area (Å²) in [5, 5.41) is 3.73. The number of benzene rings is 3. The van der Waals surface area contributed by atoms with E-state index in [4.69, 9.17) is 23.2 Å². The number of sulfonamides is 1. The molecule has 0 aromatic heterocycles. The number of nitrogens with zero attached hydrogens (tertiary/aromatic N) is 2. The number of amides is 2. The summed E-state index contributed by atoms with van der Waals surface area (Å²) in [6, 6.07) is 19.2. The molecule has 1 atom stereocenters. The van der Waals surface area contributed by atoms with Crippen LogP contribution < -0.4 is 9.62 Å². The van der Waals surface area contributed by atoms with Gasteiger partial charge in [-0.25, -0.2) is 8.42 Å². The van der Waals surface area contributed by atoms with E-state index >= 15 is 0 Å². The van der Waals surface area contributed by atoms with E-state index in [1.165, 1.54) is 9.21 Å². The molecule has 0 aliphatic carbocycles. The number of hydrogen-bond acceptors (Lipinski definition) is 4. The summed E-state index contributed by atoms with van der Waals surface area (Å²) in [6.45, 7) is 7.61. The Morgan fingerprint density at radius 3 is 2.17 bits per heavy atom. The van der Waals surface area contributed by atoms with Crippen LogP contribution in [0.1, 0.15) is 48.9 Å². The maximum Gasteiger partial charge on any atom is 0.243 e. The van der Waals surface area contributed by atoms with Gasteiger partial charge in [-0.1, -0.05) is 71.7 Å². The predicted molar refractivity (Wildman–Crippen MR) is 172 cm³/mol. The molecule has 226 valence electrons. The van der Waals surface area contributed by atoms with Crippen LogP contribution in [0.15, 0.2) is 66.7 Å². The van der Waals surface area contributed by atoms with Crippen LogP contribution in [-0.4, -0.2) is 50.0 Å². The molecule has 0 bridgehead atoms. The Bertz CT molecular complexity index is 1480. The van der Waals surface area contributed by atoms with E-state index in [0.717, 1.165) is 22.9 Å². The second-order valence-corrected chi connectivity index (χ2v) is 13.5. The van der Waals surface area contributed by atoms with Crippen molar-refractivity contribution in [3.63, 3.8) is 0 Å². The molecule has 3 rings (SSSR count). The third-order valence-corrected chi connectivity index (χ3v) is 8.77. The highest BCUT2D eigenvalue weighted by Gasteiger charge is 2.32. The van der Waals surface area contributed by atoms with Gasteiger partial charge in [0, 0.05) is 47.6 Å². The van der Waals surface area contributed by atoms with Gasteiger partial charge in [-0.15, -0.1) is 0 Å². The van der Waals surface area contributed by atoms with E-state index in [-0.39, 0.29) is 50.2 Å². The third kappa shape index (κ3) is 9.21. The topological polar surface area (TPSA) is 86.8 Å². The largest absolute Gasteiger partial charge is 0.352 e. The highest BCUT2D eigenvalue weighted by atomic mass is 35.5. The lowest BCUT2D eigenvalue weighted by molar-refractivity contribution is -0.141. The van der Waals surface area contributed by atoms with Crippen LogP contribution in [0, 0.1) is 13.8 Å². The Hall–Kier alpha value is -3.07. The van der Waals surface area contributed by atoms with Gasteiger partial charge in [-0.2, -0.15) is 0 Å². The molecule has 0 aliphatic heterocycles. The number of anilines is 1. The summed E-state index contributed by atoms with van der Waals surface area (Å²) < 4.78 is 26.9. The van der Waals surface area contributed by atoms with Crippen LogP contribution in [0.4, 0.5) is 5.69 Å². The van der Waals surface area contributed by atoms with Crippen molar-refractivity contribution < 1.29 is 18.0 Å². The maximum absolute atomic E-state index is 14.0. The van der Waals surface area contributed by atoms with Crippen LogP contribution in [0.25, 0.3) is 0 Å². The standard InChI is InChI=1S/C32H39Cl2N3O4S/c1-22(2)35-32(39)30(20-25-11-7-6-8-12-25)36(21-26-27(33)13-9-14-28(26)34)31(38)15-10-18-37(42(5,40)41)29-19-23(3)16-17-24(29)4/h6-9,11-14,16-17,19,22,30H,10,15,18,20-21H2,1-5H3,(H,35,39)/t30-/m1/s1. The zero-order valence-electron chi connectivity index (χ0n) is 24.7. The number of carbonyl (C=O) groups excluding carboxylic acids is 2. The molecular weight excluding hydrogens is 593 g/mol. The number of halogens is 2. The molecule has 0 spiro atoms. The van der Waals surface area contributed by atoms with Gasteiger partial charge in [-0.3, -0.25) is 13.9 Å². The van der Waals surface area contributed by atoms with Gasteiger partial charge in [-0.05, 0) is 69.0 Å². The Balaban J connectivity index is 1.94. The van der Waals surface area contributed by atoms with Crippen molar-refractivity contribution in [3.8, 4) is 0 Å². The normalized spacial score (nSPS) is 12.2. The van der Waals surface area contributed by atoms with E-state index in [0.29, 0.717) is 21.3 Å². The fraction of sp³-hybridized carbons (Fsp3) is 0.375. The molecule has 0 radical (unpaired) electrons. The molecule has 3 aromatic carbocycles. The summed E-state index contributed by atoms with van der Waals surface area (Å²) >= 11 is 13.0. The molecule has 0 saturated carbocycles. The number of rotatable bonds is 13. The molecule has 7 nitrogen and oxygen atoms in total. The Morgan fingerprint density at radius 2 is 1.57 bits per heavy atom. The zero-order valence-corrected chi connectivity index (χ0v) is 27.1. The fourth-order valence-electron chi connectivity index (χ4n) is 4.76. The summed E-state index contributed by atoms with van der Waals surface area (Å²) in [5.74, 6) is -0.598. The van der Waals surface area contributed by atoms with E-state index in [9.17, 15) is 18.0 Å². The van der Waals surface area contributed by atoms with Crippen LogP contribution in [-0.2, 0) is 32.6 Å². The van der Waals surface area contributed by atoms with Crippen molar-refractivity contribution in [1.29, 1.82) is 0 Å². The molecule has 10 heteroatoms. The highest BCUT2D eigenvalue weighted by molar-refractivity contribution is 7.92. The smallest absolute Gasteiger partial charge is 0.243 e. The maximum atomic E-state index is 14.0. The average Bonchev–Trinajstić information content (AvgIpc) is 2.91. The van der Waals surface area contributed by atoms with Gasteiger partial charge < -0.3 is 10.2 Å². The molecule has 3 aromatic rings. The first-order valence-electron chi connectivity index (χ1n) is 13.9. The van der Waals surface area contributed by atoms with Crippen LogP contribution >= 0.6 is 23.2 Å². The third-order valence-electron chi connectivity index (χ3n) is 6.88. The van der Waals surface area contributed by atoms with Crippen LogP contribution in [0.3, 0.4) is 0 Å². The van der Waals surface area contributed by atoms with Gasteiger partial charge in [0.25, 0.3) is 0 Å². The van der Waals surface area contributed by atoms with E-state index < -0.39 is 16.1 Å². The summed E-state index contributed by atoms with van der Waals surface area (Å²) in [7, 11) is -3.61. The Labute approximate surface area is 259 Å². The van der Waals surface area contributed by atoms with Crippen molar-refractivity contribution in [2.75, 3.05) is 17.1 Å². The lowest BCUT2D eigenvalue weighted by Gasteiger charge is -2.33. The van der Waals surface area contributed by atoms with Crippen molar-refractivity contribution in [2.45, 2.75) is 65.6 Å². The minimum absolute atomic E-state index is 0.0131. The molecule has 0 unspecified atom stereocenters. The summed E-state index contributed by atoms with van der Waals surface area (Å²) in [4.78, 5) is 29.1. The van der Waals surface area contributed by atoms with E-state index in [2.05, 4.69) is 5.32 Å². The summed E-state index contributed by atoms with van der Waals surface area (Å²) in [5.41, 5.74) is 3.77. The molecule has 0 saturated heterocycles. The van der Waals surface area contributed by atoms with Gasteiger partial charge >= 0.3 is 0 Å². The Kier molecular flexibility index (Phi) is 11.9. The first-order chi connectivity index (χ1) is 19.8. The Morgan fingerprint density at radius 1 is 0.929 bits per heavy atom. The summed E-state index contributed by atoms with van der Waals surface area (Å²) in [6.07, 6.45) is 1.70. The van der Waals surface area contributed by atoms with Crippen molar-refractivity contribution in [1.82, 2.24) is 10.2 Å². The first-order valence-corrected chi connectivity index (χ1v) is 16.5. The second-order valence-electron chi connectivity index (χ2n) is 10.8.